The zero-order valence-corrected chi connectivity index (χ0v) is 17.5. The Bertz CT molecular complexity index is 1140. The fourth-order valence-electron chi connectivity index (χ4n) is 3.10. The lowest BCUT2D eigenvalue weighted by Gasteiger charge is -2.06. The average molecular weight is 437 g/mol. The van der Waals surface area contributed by atoms with E-state index in [1.807, 2.05) is 72.8 Å². The molecule has 0 N–H and O–H groups in total. The van der Waals surface area contributed by atoms with Gasteiger partial charge in [-0.2, -0.15) is 5.10 Å². The average Bonchev–Trinajstić information content (AvgIpc) is 3.10. The van der Waals surface area contributed by atoms with Crippen molar-refractivity contribution in [1.29, 1.82) is 0 Å². The van der Waals surface area contributed by atoms with Gasteiger partial charge >= 0.3 is 5.97 Å². The molecule has 4 rings (SSSR count). The maximum atomic E-state index is 12.6. The SMILES string of the molecule is O=C(Cc1c(-c2ccc(Cl)cc2)nn(-c2ccccc2)c1Cl)OCc1ccccc1. The van der Waals surface area contributed by atoms with Crippen LogP contribution in [-0.2, 0) is 22.6 Å². The molecule has 0 saturated heterocycles. The smallest absolute Gasteiger partial charge is 0.310 e. The molecule has 0 aliphatic rings. The van der Waals surface area contributed by atoms with Crippen LogP contribution in [0.25, 0.3) is 16.9 Å². The maximum Gasteiger partial charge on any atom is 0.310 e. The predicted molar refractivity (Wildman–Crippen MR) is 119 cm³/mol. The highest BCUT2D eigenvalue weighted by Crippen LogP contribution is 2.32. The number of para-hydroxylation sites is 1. The van der Waals surface area contributed by atoms with Gasteiger partial charge in [0.2, 0.25) is 0 Å². The van der Waals surface area contributed by atoms with Crippen LogP contribution in [0.2, 0.25) is 10.2 Å². The first-order chi connectivity index (χ1) is 14.6. The fraction of sp³-hybridized carbons (Fsp3) is 0.0833. The molecule has 0 amide bonds. The number of hydrogen-bond acceptors (Lipinski definition) is 3. The summed E-state index contributed by atoms with van der Waals surface area (Å²) in [5.74, 6) is -0.372. The number of rotatable bonds is 6. The van der Waals surface area contributed by atoms with Crippen LogP contribution in [0.15, 0.2) is 84.9 Å². The van der Waals surface area contributed by atoms with Crippen LogP contribution in [-0.4, -0.2) is 15.7 Å². The zero-order chi connectivity index (χ0) is 20.9. The molecule has 0 unspecified atom stereocenters. The lowest BCUT2D eigenvalue weighted by molar-refractivity contribution is -0.144. The van der Waals surface area contributed by atoms with Crippen molar-refractivity contribution >= 4 is 29.2 Å². The topological polar surface area (TPSA) is 44.1 Å². The van der Waals surface area contributed by atoms with Crippen molar-refractivity contribution in [2.75, 3.05) is 0 Å². The number of carbonyl (C=O) groups excluding carboxylic acids is 1. The lowest BCUT2D eigenvalue weighted by atomic mass is 10.1. The van der Waals surface area contributed by atoms with Gasteiger partial charge in [-0.15, -0.1) is 0 Å². The standard InChI is InChI=1S/C24H18Cl2N2O2/c25-19-13-11-18(12-14-19)23-21(15-22(29)30-16-17-7-3-1-4-8-17)24(26)28(27-23)20-9-5-2-6-10-20/h1-14H,15-16H2. The third-order valence-corrected chi connectivity index (χ3v) is 5.24. The molecular formula is C24H18Cl2N2O2. The van der Waals surface area contributed by atoms with Gasteiger partial charge in [-0.25, -0.2) is 4.68 Å². The number of esters is 1. The van der Waals surface area contributed by atoms with Crippen LogP contribution in [0.3, 0.4) is 0 Å². The number of nitrogens with zero attached hydrogens (tertiary/aromatic N) is 2. The second kappa shape index (κ2) is 9.16. The molecule has 150 valence electrons. The Hall–Kier alpha value is -3.08. The van der Waals surface area contributed by atoms with Gasteiger partial charge < -0.3 is 4.74 Å². The normalized spacial score (nSPS) is 10.7. The number of hydrogen-bond donors (Lipinski definition) is 0. The minimum atomic E-state index is -0.372. The van der Waals surface area contributed by atoms with Crippen molar-refractivity contribution in [3.05, 3.63) is 106 Å². The van der Waals surface area contributed by atoms with Gasteiger partial charge in [0, 0.05) is 16.1 Å². The van der Waals surface area contributed by atoms with Crippen LogP contribution in [0.4, 0.5) is 0 Å². The van der Waals surface area contributed by atoms with Gasteiger partial charge in [0.25, 0.3) is 0 Å². The molecule has 0 radical (unpaired) electrons. The third kappa shape index (κ3) is 4.56. The molecule has 0 aliphatic heterocycles. The Morgan fingerprint density at radius 3 is 2.17 bits per heavy atom. The highest BCUT2D eigenvalue weighted by Gasteiger charge is 2.22. The van der Waals surface area contributed by atoms with Crippen LogP contribution >= 0.6 is 23.2 Å². The second-order valence-corrected chi connectivity index (χ2v) is 7.49. The molecule has 0 aliphatic carbocycles. The van der Waals surface area contributed by atoms with Gasteiger partial charge in [0.1, 0.15) is 11.8 Å². The molecule has 6 heteroatoms. The van der Waals surface area contributed by atoms with Gasteiger partial charge in [0.05, 0.1) is 17.8 Å². The van der Waals surface area contributed by atoms with Crippen molar-refractivity contribution in [3.8, 4) is 16.9 Å². The third-order valence-electron chi connectivity index (χ3n) is 4.60. The molecule has 30 heavy (non-hydrogen) atoms. The summed E-state index contributed by atoms with van der Waals surface area (Å²) >= 11 is 12.7. The van der Waals surface area contributed by atoms with E-state index in [1.54, 1.807) is 16.8 Å². The van der Waals surface area contributed by atoms with Gasteiger partial charge in [-0.05, 0) is 29.8 Å². The van der Waals surface area contributed by atoms with E-state index < -0.39 is 0 Å². The Labute approximate surface area is 184 Å². The largest absolute Gasteiger partial charge is 0.461 e. The first-order valence-corrected chi connectivity index (χ1v) is 10.2. The summed E-state index contributed by atoms with van der Waals surface area (Å²) in [4.78, 5) is 12.6. The minimum Gasteiger partial charge on any atom is -0.461 e. The van der Waals surface area contributed by atoms with Crippen molar-refractivity contribution < 1.29 is 9.53 Å². The van der Waals surface area contributed by atoms with Gasteiger partial charge in [-0.3, -0.25) is 4.79 Å². The molecule has 0 bridgehead atoms. The van der Waals surface area contributed by atoms with Crippen molar-refractivity contribution in [2.24, 2.45) is 0 Å². The predicted octanol–water partition coefficient (Wildman–Crippen LogP) is 6.13. The molecule has 0 spiro atoms. The molecule has 0 saturated carbocycles. The first kappa shape index (κ1) is 20.2. The van der Waals surface area contributed by atoms with Crippen LogP contribution in [0.5, 0.6) is 0 Å². The van der Waals surface area contributed by atoms with E-state index in [0.29, 0.717) is 21.4 Å². The fourth-order valence-corrected chi connectivity index (χ4v) is 3.52. The molecular weight excluding hydrogens is 419 g/mol. The Morgan fingerprint density at radius 1 is 0.867 bits per heavy atom. The summed E-state index contributed by atoms with van der Waals surface area (Å²) in [6, 6.07) is 26.4. The minimum absolute atomic E-state index is 0.0104. The molecule has 4 nitrogen and oxygen atoms in total. The maximum absolute atomic E-state index is 12.6. The number of benzene rings is 3. The van der Waals surface area contributed by atoms with Crippen LogP contribution in [0.1, 0.15) is 11.1 Å². The molecule has 1 aromatic heterocycles. The van der Waals surface area contributed by atoms with E-state index in [2.05, 4.69) is 5.10 Å². The Balaban J connectivity index is 1.65. The number of aromatic nitrogens is 2. The van der Waals surface area contributed by atoms with Crippen LogP contribution in [0, 0.1) is 0 Å². The summed E-state index contributed by atoms with van der Waals surface area (Å²) in [6.07, 6.45) is 0.0104. The number of halogens is 2. The van der Waals surface area contributed by atoms with Crippen molar-refractivity contribution in [3.63, 3.8) is 0 Å². The van der Waals surface area contributed by atoms with Crippen LogP contribution < -0.4 is 0 Å². The van der Waals surface area contributed by atoms with Crippen molar-refractivity contribution in [1.82, 2.24) is 9.78 Å². The van der Waals surface area contributed by atoms with Gasteiger partial charge in [0.15, 0.2) is 0 Å². The molecule has 3 aromatic carbocycles. The zero-order valence-electron chi connectivity index (χ0n) is 16.0. The summed E-state index contributed by atoms with van der Waals surface area (Å²) in [7, 11) is 0. The molecule has 1 heterocycles. The van der Waals surface area contributed by atoms with E-state index >= 15 is 0 Å². The molecule has 4 aromatic rings. The number of carbonyl (C=O) groups is 1. The molecule has 0 atom stereocenters. The Morgan fingerprint density at radius 2 is 1.50 bits per heavy atom. The second-order valence-electron chi connectivity index (χ2n) is 6.70. The highest BCUT2D eigenvalue weighted by molar-refractivity contribution is 6.31. The van der Waals surface area contributed by atoms with E-state index in [9.17, 15) is 4.79 Å². The molecule has 0 fully saturated rings. The van der Waals surface area contributed by atoms with E-state index in [1.165, 1.54) is 0 Å². The van der Waals surface area contributed by atoms with Crippen molar-refractivity contribution in [2.45, 2.75) is 13.0 Å². The Kier molecular flexibility index (Phi) is 6.17. The lowest BCUT2D eigenvalue weighted by Crippen LogP contribution is -2.08. The quantitative estimate of drug-likeness (QED) is 0.341. The van der Waals surface area contributed by atoms with E-state index in [-0.39, 0.29) is 19.0 Å². The van der Waals surface area contributed by atoms with Gasteiger partial charge in [-0.1, -0.05) is 83.9 Å². The summed E-state index contributed by atoms with van der Waals surface area (Å²) in [6.45, 7) is 0.209. The summed E-state index contributed by atoms with van der Waals surface area (Å²) in [5.41, 5.74) is 3.79. The van der Waals surface area contributed by atoms with E-state index in [4.69, 9.17) is 27.9 Å². The summed E-state index contributed by atoms with van der Waals surface area (Å²) in [5, 5.41) is 5.68. The summed E-state index contributed by atoms with van der Waals surface area (Å²) < 4.78 is 7.09. The monoisotopic (exact) mass is 436 g/mol. The highest BCUT2D eigenvalue weighted by atomic mass is 35.5. The number of ether oxygens (including phenoxy) is 1. The van der Waals surface area contributed by atoms with E-state index in [0.717, 1.165) is 16.8 Å². The first-order valence-electron chi connectivity index (χ1n) is 9.40.